The van der Waals surface area contributed by atoms with E-state index in [-0.39, 0.29) is 16.6 Å². The zero-order valence-electron chi connectivity index (χ0n) is 10.7. The highest BCUT2D eigenvalue weighted by atomic mass is 35.5. The van der Waals surface area contributed by atoms with Crippen molar-refractivity contribution in [2.75, 3.05) is 0 Å². The molecule has 1 unspecified atom stereocenters. The number of primary amides is 1. The number of carbonyl (C=O) groups excluding carboxylic acids is 1. The lowest BCUT2D eigenvalue weighted by molar-refractivity contribution is -0.120. The lowest BCUT2D eigenvalue weighted by Crippen LogP contribution is -2.41. The van der Waals surface area contributed by atoms with Gasteiger partial charge in [-0.3, -0.25) is 10.1 Å². The van der Waals surface area contributed by atoms with Gasteiger partial charge < -0.3 is 5.73 Å². The maximum Gasteiger partial charge on any atom is 0.239 e. The Bertz CT molecular complexity index is 461. The smallest absolute Gasteiger partial charge is 0.239 e. The third-order valence-corrected chi connectivity index (χ3v) is 3.88. The van der Waals surface area contributed by atoms with Crippen molar-refractivity contribution >= 4 is 17.5 Å². The summed E-state index contributed by atoms with van der Waals surface area (Å²) < 4.78 is 14.0. The van der Waals surface area contributed by atoms with Crippen molar-refractivity contribution < 1.29 is 9.18 Å². The highest BCUT2D eigenvalue weighted by Gasteiger charge is 2.26. The van der Waals surface area contributed by atoms with Gasteiger partial charge in [-0.25, -0.2) is 4.39 Å². The monoisotopic (exact) mass is 284 g/mol. The van der Waals surface area contributed by atoms with Crippen LogP contribution in [-0.4, -0.2) is 11.9 Å². The normalized spacial score (nSPS) is 18.2. The molecule has 2 rings (SSSR count). The molecule has 3 nitrogen and oxygen atoms in total. The maximum atomic E-state index is 14.0. The van der Waals surface area contributed by atoms with Crippen molar-refractivity contribution in [1.29, 1.82) is 0 Å². The molecule has 0 radical (unpaired) electrons. The second-order valence-electron chi connectivity index (χ2n) is 4.98. The molecule has 0 aliphatic heterocycles. The van der Waals surface area contributed by atoms with Gasteiger partial charge in [0.15, 0.2) is 0 Å². The molecule has 5 heteroatoms. The highest BCUT2D eigenvalue weighted by Crippen LogP contribution is 2.26. The summed E-state index contributed by atoms with van der Waals surface area (Å²) in [5, 5.41) is 3.18. The molecule has 1 atom stereocenters. The van der Waals surface area contributed by atoms with E-state index in [4.69, 9.17) is 17.3 Å². The van der Waals surface area contributed by atoms with E-state index in [0.717, 1.165) is 25.7 Å². The van der Waals surface area contributed by atoms with Crippen molar-refractivity contribution in [1.82, 2.24) is 5.32 Å². The Morgan fingerprint density at radius 1 is 1.37 bits per heavy atom. The van der Waals surface area contributed by atoms with Crippen LogP contribution in [0.1, 0.15) is 43.7 Å². The first-order valence-electron chi connectivity index (χ1n) is 6.59. The fraction of sp³-hybridized carbons (Fsp3) is 0.500. The SMILES string of the molecule is NC(=O)C(NC1CCCCC1)c1cccc(Cl)c1F. The first-order valence-corrected chi connectivity index (χ1v) is 6.96. The number of hydrogen-bond acceptors (Lipinski definition) is 2. The number of hydrogen-bond donors (Lipinski definition) is 2. The zero-order valence-corrected chi connectivity index (χ0v) is 11.4. The van der Waals surface area contributed by atoms with Gasteiger partial charge >= 0.3 is 0 Å². The molecule has 1 aliphatic carbocycles. The van der Waals surface area contributed by atoms with Gasteiger partial charge in [-0.15, -0.1) is 0 Å². The quantitative estimate of drug-likeness (QED) is 0.893. The Balaban J connectivity index is 2.19. The molecule has 1 amide bonds. The predicted octanol–water partition coefficient (Wildman–Crippen LogP) is 2.93. The van der Waals surface area contributed by atoms with Gasteiger partial charge in [0.25, 0.3) is 0 Å². The minimum absolute atomic E-state index is 0.00851. The standard InChI is InChI=1S/C14H18ClFN2O/c15-11-8-4-7-10(12(11)16)13(14(17)19)18-9-5-2-1-3-6-9/h4,7-9,13,18H,1-3,5-6H2,(H2,17,19). The molecule has 1 fully saturated rings. The molecule has 0 aromatic heterocycles. The number of nitrogens with one attached hydrogen (secondary N) is 1. The van der Waals surface area contributed by atoms with Crippen LogP contribution in [0.5, 0.6) is 0 Å². The lowest BCUT2D eigenvalue weighted by Gasteiger charge is -2.27. The molecule has 104 valence electrons. The fourth-order valence-corrected chi connectivity index (χ4v) is 2.76. The Hall–Kier alpha value is -1.13. The average molecular weight is 285 g/mol. The van der Waals surface area contributed by atoms with E-state index in [2.05, 4.69) is 5.32 Å². The fourth-order valence-electron chi connectivity index (χ4n) is 2.57. The number of amides is 1. The molecule has 0 bridgehead atoms. The van der Waals surface area contributed by atoms with Gasteiger partial charge in [-0.1, -0.05) is 43.0 Å². The third-order valence-electron chi connectivity index (χ3n) is 3.58. The van der Waals surface area contributed by atoms with E-state index in [0.29, 0.717) is 0 Å². The number of carbonyl (C=O) groups is 1. The largest absolute Gasteiger partial charge is 0.368 e. The van der Waals surface area contributed by atoms with Crippen molar-refractivity contribution in [2.24, 2.45) is 5.73 Å². The van der Waals surface area contributed by atoms with Crippen molar-refractivity contribution in [3.05, 3.63) is 34.6 Å². The molecule has 3 N–H and O–H groups in total. The zero-order chi connectivity index (χ0) is 13.8. The first-order chi connectivity index (χ1) is 9.09. The lowest BCUT2D eigenvalue weighted by atomic mass is 9.93. The molecule has 0 saturated heterocycles. The van der Waals surface area contributed by atoms with Gasteiger partial charge in [-0.05, 0) is 18.9 Å². The summed E-state index contributed by atoms with van der Waals surface area (Å²) in [4.78, 5) is 11.6. The summed E-state index contributed by atoms with van der Waals surface area (Å²) >= 11 is 5.75. The van der Waals surface area contributed by atoms with Crippen LogP contribution in [0.15, 0.2) is 18.2 Å². The van der Waals surface area contributed by atoms with Gasteiger partial charge in [0, 0.05) is 11.6 Å². The average Bonchev–Trinajstić information content (AvgIpc) is 2.40. The summed E-state index contributed by atoms with van der Waals surface area (Å²) in [6.45, 7) is 0. The molecule has 1 aromatic rings. The Kier molecular flexibility index (Phi) is 4.77. The van der Waals surface area contributed by atoms with E-state index in [1.807, 2.05) is 0 Å². The van der Waals surface area contributed by atoms with E-state index < -0.39 is 17.8 Å². The van der Waals surface area contributed by atoms with E-state index in [1.165, 1.54) is 12.5 Å². The van der Waals surface area contributed by atoms with Crippen LogP contribution < -0.4 is 11.1 Å². The van der Waals surface area contributed by atoms with Crippen LogP contribution >= 0.6 is 11.6 Å². The third kappa shape index (κ3) is 3.45. The number of benzene rings is 1. The summed E-state index contributed by atoms with van der Waals surface area (Å²) in [5.41, 5.74) is 5.62. The maximum absolute atomic E-state index is 14.0. The van der Waals surface area contributed by atoms with Crippen LogP contribution in [0, 0.1) is 5.82 Å². The Morgan fingerprint density at radius 3 is 2.68 bits per heavy atom. The summed E-state index contributed by atoms with van der Waals surface area (Å²) in [6.07, 6.45) is 5.45. The van der Waals surface area contributed by atoms with E-state index in [9.17, 15) is 9.18 Å². The number of halogens is 2. The molecule has 0 spiro atoms. The summed E-state index contributed by atoms with van der Waals surface area (Å²) in [7, 11) is 0. The molecule has 19 heavy (non-hydrogen) atoms. The number of nitrogens with two attached hydrogens (primary N) is 1. The van der Waals surface area contributed by atoms with Gasteiger partial charge in [0.2, 0.25) is 5.91 Å². The van der Waals surface area contributed by atoms with Crippen molar-refractivity contribution in [3.63, 3.8) is 0 Å². The van der Waals surface area contributed by atoms with E-state index >= 15 is 0 Å². The van der Waals surface area contributed by atoms with Crippen LogP contribution in [0.2, 0.25) is 5.02 Å². The van der Waals surface area contributed by atoms with Crippen molar-refractivity contribution in [2.45, 2.75) is 44.2 Å². The Morgan fingerprint density at radius 2 is 2.05 bits per heavy atom. The summed E-state index contributed by atoms with van der Waals surface area (Å²) in [6, 6.07) is 4.02. The van der Waals surface area contributed by atoms with Crippen LogP contribution in [0.3, 0.4) is 0 Å². The minimum Gasteiger partial charge on any atom is -0.368 e. The predicted molar refractivity (Wildman–Crippen MR) is 73.4 cm³/mol. The number of rotatable bonds is 4. The van der Waals surface area contributed by atoms with Crippen LogP contribution in [0.4, 0.5) is 4.39 Å². The van der Waals surface area contributed by atoms with E-state index in [1.54, 1.807) is 12.1 Å². The first kappa shape index (κ1) is 14.3. The van der Waals surface area contributed by atoms with Crippen LogP contribution in [0.25, 0.3) is 0 Å². The highest BCUT2D eigenvalue weighted by molar-refractivity contribution is 6.30. The van der Waals surface area contributed by atoms with Gasteiger partial charge in [0.1, 0.15) is 11.9 Å². The topological polar surface area (TPSA) is 55.1 Å². The van der Waals surface area contributed by atoms with Crippen LogP contribution in [-0.2, 0) is 4.79 Å². The molecular weight excluding hydrogens is 267 g/mol. The van der Waals surface area contributed by atoms with Gasteiger partial charge in [0.05, 0.1) is 5.02 Å². The minimum atomic E-state index is -0.818. The second kappa shape index (κ2) is 6.35. The molecule has 1 saturated carbocycles. The second-order valence-corrected chi connectivity index (χ2v) is 5.39. The molecule has 1 aromatic carbocycles. The molecular formula is C14H18ClFN2O. The Labute approximate surface area is 117 Å². The molecule has 0 heterocycles. The molecule has 1 aliphatic rings. The van der Waals surface area contributed by atoms with Crippen molar-refractivity contribution in [3.8, 4) is 0 Å². The summed E-state index contributed by atoms with van der Waals surface area (Å²) in [5.74, 6) is -1.15. The van der Waals surface area contributed by atoms with Gasteiger partial charge in [-0.2, -0.15) is 0 Å².